The lowest BCUT2D eigenvalue weighted by molar-refractivity contribution is -0.125. The van der Waals surface area contributed by atoms with Gasteiger partial charge in [-0.3, -0.25) is 4.79 Å². The quantitative estimate of drug-likeness (QED) is 0.585. The van der Waals surface area contributed by atoms with Gasteiger partial charge in [0.1, 0.15) is 5.78 Å². The second-order valence-corrected chi connectivity index (χ2v) is 4.47. The van der Waals surface area contributed by atoms with Crippen molar-refractivity contribution in [2.75, 3.05) is 0 Å². The van der Waals surface area contributed by atoms with E-state index in [0.717, 1.165) is 24.7 Å². The fraction of sp³-hybridized carbons (Fsp3) is 0.909. The molecule has 0 aromatic carbocycles. The van der Waals surface area contributed by atoms with Crippen molar-refractivity contribution in [1.29, 1.82) is 0 Å². The Labute approximate surface area is 74.5 Å². The van der Waals surface area contributed by atoms with Crippen molar-refractivity contribution in [3.05, 3.63) is 0 Å². The van der Waals surface area contributed by atoms with E-state index in [2.05, 4.69) is 6.92 Å². The predicted octanol–water partition coefficient (Wildman–Crippen LogP) is 2.79. The topological polar surface area (TPSA) is 17.1 Å². The molecule has 0 saturated heterocycles. The first-order valence-electron chi connectivity index (χ1n) is 5.34. The molecule has 2 fully saturated rings. The predicted molar refractivity (Wildman–Crippen MR) is 48.9 cm³/mol. The number of carbonyl (C=O) groups is 1. The summed E-state index contributed by atoms with van der Waals surface area (Å²) in [6.07, 6.45) is 7.19. The minimum Gasteiger partial charge on any atom is -0.299 e. The van der Waals surface area contributed by atoms with Crippen LogP contribution >= 0.6 is 0 Å². The van der Waals surface area contributed by atoms with Gasteiger partial charge in [0.2, 0.25) is 0 Å². The standard InChI is InChI=1S/C11H18O/c1-2-8-6-9-4-3-5-11(12)10(9)7-8/h8-10H,2-7H2,1H3/t8-,9+,10+/m0/s1. The van der Waals surface area contributed by atoms with E-state index >= 15 is 0 Å². The van der Waals surface area contributed by atoms with Crippen LogP contribution in [0.25, 0.3) is 0 Å². The molecule has 0 spiro atoms. The van der Waals surface area contributed by atoms with Gasteiger partial charge in [-0.05, 0) is 37.5 Å². The van der Waals surface area contributed by atoms with Crippen molar-refractivity contribution >= 4 is 5.78 Å². The first kappa shape index (κ1) is 8.28. The second kappa shape index (κ2) is 3.20. The third kappa shape index (κ3) is 1.30. The van der Waals surface area contributed by atoms with E-state index in [-0.39, 0.29) is 0 Å². The van der Waals surface area contributed by atoms with Crippen LogP contribution in [0.3, 0.4) is 0 Å². The van der Waals surface area contributed by atoms with Crippen molar-refractivity contribution in [3.63, 3.8) is 0 Å². The average molecular weight is 166 g/mol. The molecule has 0 aromatic rings. The molecular formula is C11H18O. The van der Waals surface area contributed by atoms with E-state index in [9.17, 15) is 4.79 Å². The zero-order valence-corrected chi connectivity index (χ0v) is 7.88. The van der Waals surface area contributed by atoms with Gasteiger partial charge in [0, 0.05) is 12.3 Å². The highest BCUT2D eigenvalue weighted by Crippen LogP contribution is 2.44. The molecule has 2 rings (SSSR count). The first-order chi connectivity index (χ1) is 5.81. The molecule has 1 heteroatoms. The van der Waals surface area contributed by atoms with Crippen molar-refractivity contribution in [2.45, 2.75) is 45.4 Å². The molecule has 0 heterocycles. The molecule has 0 amide bonds. The van der Waals surface area contributed by atoms with Crippen molar-refractivity contribution in [1.82, 2.24) is 0 Å². The number of Topliss-reactive ketones (excluding diaryl/α,β-unsaturated/α-hetero) is 1. The van der Waals surface area contributed by atoms with Gasteiger partial charge in [-0.15, -0.1) is 0 Å². The molecule has 0 N–H and O–H groups in total. The highest BCUT2D eigenvalue weighted by atomic mass is 16.1. The zero-order chi connectivity index (χ0) is 8.55. The van der Waals surface area contributed by atoms with Crippen LogP contribution in [0.4, 0.5) is 0 Å². The lowest BCUT2D eigenvalue weighted by atomic mass is 9.81. The van der Waals surface area contributed by atoms with Gasteiger partial charge in [-0.25, -0.2) is 0 Å². The summed E-state index contributed by atoms with van der Waals surface area (Å²) in [5.41, 5.74) is 0. The molecule has 2 aliphatic carbocycles. The van der Waals surface area contributed by atoms with Crippen LogP contribution < -0.4 is 0 Å². The molecule has 0 aliphatic heterocycles. The molecule has 1 nitrogen and oxygen atoms in total. The largest absolute Gasteiger partial charge is 0.299 e. The van der Waals surface area contributed by atoms with Gasteiger partial charge in [-0.2, -0.15) is 0 Å². The smallest absolute Gasteiger partial charge is 0.136 e. The Kier molecular flexibility index (Phi) is 2.20. The van der Waals surface area contributed by atoms with E-state index in [4.69, 9.17) is 0 Å². The Hall–Kier alpha value is -0.330. The summed E-state index contributed by atoms with van der Waals surface area (Å²) < 4.78 is 0. The molecule has 2 aliphatic rings. The van der Waals surface area contributed by atoms with E-state index in [1.165, 1.54) is 25.7 Å². The molecule has 2 saturated carbocycles. The Morgan fingerprint density at radius 2 is 2.25 bits per heavy atom. The van der Waals surface area contributed by atoms with E-state index in [1.807, 2.05) is 0 Å². The number of ketones is 1. The summed E-state index contributed by atoms with van der Waals surface area (Å²) in [4.78, 5) is 11.5. The summed E-state index contributed by atoms with van der Waals surface area (Å²) in [5, 5.41) is 0. The second-order valence-electron chi connectivity index (χ2n) is 4.47. The highest BCUT2D eigenvalue weighted by Gasteiger charge is 2.39. The van der Waals surface area contributed by atoms with Crippen molar-refractivity contribution in [2.24, 2.45) is 17.8 Å². The number of rotatable bonds is 1. The molecule has 0 bridgehead atoms. The Balaban J connectivity index is 2.04. The van der Waals surface area contributed by atoms with Crippen molar-refractivity contribution < 1.29 is 4.79 Å². The molecule has 0 radical (unpaired) electrons. The third-order valence-corrected chi connectivity index (χ3v) is 3.78. The lowest BCUT2D eigenvalue weighted by Gasteiger charge is -2.23. The Morgan fingerprint density at radius 1 is 1.42 bits per heavy atom. The monoisotopic (exact) mass is 166 g/mol. The fourth-order valence-corrected chi connectivity index (χ4v) is 3.01. The number of carbonyl (C=O) groups excluding carboxylic acids is 1. The third-order valence-electron chi connectivity index (χ3n) is 3.78. The number of hydrogen-bond donors (Lipinski definition) is 0. The maximum Gasteiger partial charge on any atom is 0.136 e. The molecular weight excluding hydrogens is 148 g/mol. The summed E-state index contributed by atoms with van der Waals surface area (Å²) >= 11 is 0. The molecule has 0 aromatic heterocycles. The summed E-state index contributed by atoms with van der Waals surface area (Å²) in [5.74, 6) is 2.68. The van der Waals surface area contributed by atoms with Crippen LogP contribution in [0.2, 0.25) is 0 Å². The van der Waals surface area contributed by atoms with E-state index < -0.39 is 0 Å². The van der Waals surface area contributed by atoms with Gasteiger partial charge in [0.15, 0.2) is 0 Å². The Bertz CT molecular complexity index is 185. The van der Waals surface area contributed by atoms with Gasteiger partial charge < -0.3 is 0 Å². The molecule has 0 unspecified atom stereocenters. The molecule has 68 valence electrons. The summed E-state index contributed by atoms with van der Waals surface area (Å²) in [6, 6.07) is 0. The maximum atomic E-state index is 11.5. The first-order valence-corrected chi connectivity index (χ1v) is 5.34. The van der Waals surface area contributed by atoms with Crippen LogP contribution in [-0.2, 0) is 4.79 Å². The van der Waals surface area contributed by atoms with Gasteiger partial charge in [-0.1, -0.05) is 13.3 Å². The van der Waals surface area contributed by atoms with Crippen LogP contribution in [0, 0.1) is 17.8 Å². The average Bonchev–Trinajstić information content (AvgIpc) is 2.49. The summed E-state index contributed by atoms with van der Waals surface area (Å²) in [7, 11) is 0. The molecule has 12 heavy (non-hydrogen) atoms. The van der Waals surface area contributed by atoms with Crippen LogP contribution in [0.1, 0.15) is 45.4 Å². The van der Waals surface area contributed by atoms with E-state index in [1.54, 1.807) is 0 Å². The lowest BCUT2D eigenvalue weighted by Crippen LogP contribution is -2.23. The maximum absolute atomic E-state index is 11.5. The SMILES string of the molecule is CC[C@H]1C[C@H]2CCCC(=O)[C@@H]2C1. The van der Waals surface area contributed by atoms with Crippen molar-refractivity contribution in [3.8, 4) is 0 Å². The minimum atomic E-state index is 0.476. The highest BCUT2D eigenvalue weighted by molar-refractivity contribution is 5.82. The summed E-state index contributed by atoms with van der Waals surface area (Å²) in [6.45, 7) is 2.26. The van der Waals surface area contributed by atoms with Crippen LogP contribution in [0.5, 0.6) is 0 Å². The Morgan fingerprint density at radius 3 is 2.92 bits per heavy atom. The number of fused-ring (bicyclic) bond motifs is 1. The minimum absolute atomic E-state index is 0.476. The molecule has 3 atom stereocenters. The van der Waals surface area contributed by atoms with Crippen LogP contribution in [0.15, 0.2) is 0 Å². The van der Waals surface area contributed by atoms with Gasteiger partial charge in [0.05, 0.1) is 0 Å². The zero-order valence-electron chi connectivity index (χ0n) is 7.88. The fourth-order valence-electron chi connectivity index (χ4n) is 3.01. The normalized spacial score (nSPS) is 41.4. The van der Waals surface area contributed by atoms with Gasteiger partial charge in [0.25, 0.3) is 0 Å². The van der Waals surface area contributed by atoms with Crippen LogP contribution in [-0.4, -0.2) is 5.78 Å². The number of hydrogen-bond acceptors (Lipinski definition) is 1. The van der Waals surface area contributed by atoms with E-state index in [0.29, 0.717) is 11.7 Å². The van der Waals surface area contributed by atoms with Gasteiger partial charge >= 0.3 is 0 Å².